The van der Waals surface area contributed by atoms with Gasteiger partial charge in [-0.1, -0.05) is 39.7 Å². The Morgan fingerprint density at radius 3 is 1.81 bits per heavy atom. The van der Waals surface area contributed by atoms with E-state index in [0.29, 0.717) is 34.7 Å². The maximum absolute atomic E-state index is 12.9. The van der Waals surface area contributed by atoms with E-state index < -0.39 is 29.9 Å². The summed E-state index contributed by atoms with van der Waals surface area (Å²) in [5.41, 5.74) is -1.02. The van der Waals surface area contributed by atoms with E-state index in [1.165, 1.54) is 6.07 Å². The first-order valence-electron chi connectivity index (χ1n) is 9.97. The van der Waals surface area contributed by atoms with Gasteiger partial charge in [0.05, 0.1) is 5.56 Å². The fourth-order valence-electron chi connectivity index (χ4n) is 2.25. The molecule has 6 nitrogen and oxygen atoms in total. The molecule has 0 unspecified atom stereocenters. The molecule has 0 saturated carbocycles. The zero-order valence-electron chi connectivity index (χ0n) is 18.8. The first-order valence-corrected chi connectivity index (χ1v) is 11.1. The first-order chi connectivity index (χ1) is 17.6. The van der Waals surface area contributed by atoms with Crippen molar-refractivity contribution in [3.8, 4) is 35.5 Å². The van der Waals surface area contributed by atoms with Crippen LogP contribution in [0.4, 0.5) is 17.6 Å². The van der Waals surface area contributed by atoms with Crippen LogP contribution in [0.15, 0.2) is 71.2 Å². The fourth-order valence-corrected chi connectivity index (χ4v) is 2.80. The quantitative estimate of drug-likeness (QED) is 0.275. The molecular formula is C25H17BrClF4N3O3. The molecule has 0 heterocycles. The van der Waals surface area contributed by atoms with Crippen LogP contribution < -0.4 is 14.2 Å². The number of hydrogen-bond donors (Lipinski definition) is 0. The highest BCUT2D eigenvalue weighted by Gasteiger charge is 2.31. The molecule has 0 aliphatic rings. The van der Waals surface area contributed by atoms with Crippen molar-refractivity contribution in [2.75, 3.05) is 19.8 Å². The largest absolute Gasteiger partial charge is 0.479 e. The van der Waals surface area contributed by atoms with Crippen molar-refractivity contribution >= 4 is 27.5 Å². The van der Waals surface area contributed by atoms with Crippen LogP contribution in [0.3, 0.4) is 0 Å². The second-order valence-corrected chi connectivity index (χ2v) is 7.75. The van der Waals surface area contributed by atoms with Gasteiger partial charge in [0.2, 0.25) is 0 Å². The van der Waals surface area contributed by atoms with Crippen LogP contribution in [-0.2, 0) is 6.18 Å². The maximum atomic E-state index is 12.9. The lowest BCUT2D eigenvalue weighted by molar-refractivity contribution is -0.137. The third-order valence-electron chi connectivity index (χ3n) is 3.75. The molecule has 0 atom stereocenters. The molecule has 192 valence electrons. The Balaban J connectivity index is 0.000000283. The average molecular weight is 599 g/mol. The standard InChI is InChI=1S/C9H5F4NO.C8H6BrNO.C8H6ClNO/c10-7-2-1-6(9(11,12)13)5-8(7)15-4-3-14;2*9-7-2-1-3-8(6-7)11-5-4-10/h1-2,5H,4H2;2*1-3,6H,5H2. The summed E-state index contributed by atoms with van der Waals surface area (Å²) in [6.45, 7) is -0.352. The van der Waals surface area contributed by atoms with Crippen LogP contribution in [0.1, 0.15) is 5.56 Å². The van der Waals surface area contributed by atoms with E-state index in [1.54, 1.807) is 24.3 Å². The molecule has 0 bridgehead atoms. The summed E-state index contributed by atoms with van der Waals surface area (Å²) >= 11 is 8.95. The van der Waals surface area contributed by atoms with E-state index in [1.807, 2.05) is 36.4 Å². The van der Waals surface area contributed by atoms with Gasteiger partial charge in [0, 0.05) is 9.50 Å². The van der Waals surface area contributed by atoms with Gasteiger partial charge >= 0.3 is 6.18 Å². The van der Waals surface area contributed by atoms with E-state index >= 15 is 0 Å². The van der Waals surface area contributed by atoms with Crippen LogP contribution in [-0.4, -0.2) is 19.8 Å². The van der Waals surface area contributed by atoms with Gasteiger partial charge in [0.15, 0.2) is 31.4 Å². The molecule has 0 spiro atoms. The highest BCUT2D eigenvalue weighted by molar-refractivity contribution is 9.10. The Morgan fingerprint density at radius 2 is 1.30 bits per heavy atom. The lowest BCUT2D eigenvalue weighted by atomic mass is 10.2. The molecule has 3 rings (SSSR count). The predicted octanol–water partition coefficient (Wildman–Crippen LogP) is 7.34. The van der Waals surface area contributed by atoms with Crippen molar-refractivity contribution in [1.29, 1.82) is 15.8 Å². The van der Waals surface area contributed by atoms with Crippen LogP contribution in [0.25, 0.3) is 0 Å². The molecule has 37 heavy (non-hydrogen) atoms. The molecule has 0 N–H and O–H groups in total. The molecule has 0 aliphatic carbocycles. The van der Waals surface area contributed by atoms with Gasteiger partial charge in [-0.25, -0.2) is 4.39 Å². The Kier molecular flexibility index (Phi) is 14.0. The van der Waals surface area contributed by atoms with Gasteiger partial charge in [0.25, 0.3) is 0 Å². The molecule has 3 aromatic rings. The molecular weight excluding hydrogens is 582 g/mol. The van der Waals surface area contributed by atoms with Crippen molar-refractivity contribution in [3.05, 3.63) is 87.6 Å². The number of rotatable bonds is 6. The van der Waals surface area contributed by atoms with Gasteiger partial charge in [-0.3, -0.25) is 0 Å². The van der Waals surface area contributed by atoms with E-state index in [0.717, 1.165) is 4.47 Å². The molecule has 0 aromatic heterocycles. The Bertz CT molecular complexity index is 1210. The first kappa shape index (κ1) is 31.1. The summed E-state index contributed by atoms with van der Waals surface area (Å²) in [6.07, 6.45) is -4.56. The predicted molar refractivity (Wildman–Crippen MR) is 130 cm³/mol. The maximum Gasteiger partial charge on any atom is 0.416 e. The zero-order valence-corrected chi connectivity index (χ0v) is 21.1. The number of alkyl halides is 3. The summed E-state index contributed by atoms with van der Waals surface area (Å²) in [5.74, 6) is -0.176. The highest BCUT2D eigenvalue weighted by Crippen LogP contribution is 2.32. The molecule has 3 aromatic carbocycles. The molecule has 0 radical (unpaired) electrons. The second kappa shape index (κ2) is 16.6. The molecule has 0 saturated heterocycles. The average Bonchev–Trinajstić information content (AvgIpc) is 2.86. The third kappa shape index (κ3) is 13.1. The topological polar surface area (TPSA) is 99.1 Å². The van der Waals surface area contributed by atoms with E-state index in [4.69, 9.17) is 36.9 Å². The number of hydrogen-bond acceptors (Lipinski definition) is 6. The third-order valence-corrected chi connectivity index (χ3v) is 4.48. The minimum absolute atomic E-state index is 0.0559. The lowest BCUT2D eigenvalue weighted by Crippen LogP contribution is -2.06. The van der Waals surface area contributed by atoms with Crippen molar-refractivity contribution in [2.24, 2.45) is 0 Å². The summed E-state index contributed by atoms with van der Waals surface area (Å²) < 4.78 is 64.9. The number of benzene rings is 3. The fraction of sp³-hybridized carbons (Fsp3) is 0.160. The summed E-state index contributed by atoms with van der Waals surface area (Å²) in [7, 11) is 0. The summed E-state index contributed by atoms with van der Waals surface area (Å²) in [6, 6.07) is 21.4. The minimum Gasteiger partial charge on any atom is -0.479 e. The molecule has 0 amide bonds. The van der Waals surface area contributed by atoms with E-state index in [-0.39, 0.29) is 13.2 Å². The molecule has 0 fully saturated rings. The van der Waals surface area contributed by atoms with Crippen molar-refractivity contribution in [1.82, 2.24) is 0 Å². The van der Waals surface area contributed by atoms with Gasteiger partial charge in [-0.05, 0) is 54.6 Å². The van der Waals surface area contributed by atoms with Crippen molar-refractivity contribution in [3.63, 3.8) is 0 Å². The zero-order chi connectivity index (χ0) is 27.7. The molecule has 12 heteroatoms. The smallest absolute Gasteiger partial charge is 0.416 e. The van der Waals surface area contributed by atoms with Gasteiger partial charge in [-0.15, -0.1) is 0 Å². The second-order valence-electron chi connectivity index (χ2n) is 6.40. The number of ether oxygens (including phenoxy) is 3. The number of nitriles is 3. The van der Waals surface area contributed by atoms with Gasteiger partial charge < -0.3 is 14.2 Å². The Labute approximate surface area is 223 Å². The lowest BCUT2D eigenvalue weighted by Gasteiger charge is -2.09. The highest BCUT2D eigenvalue weighted by atomic mass is 79.9. The van der Waals surface area contributed by atoms with Crippen LogP contribution >= 0.6 is 27.5 Å². The monoisotopic (exact) mass is 597 g/mol. The number of nitrogens with zero attached hydrogens (tertiary/aromatic N) is 3. The Morgan fingerprint density at radius 1 is 0.757 bits per heavy atom. The normalized spacial score (nSPS) is 9.59. The van der Waals surface area contributed by atoms with E-state index in [9.17, 15) is 17.6 Å². The SMILES string of the molecule is N#CCOc1cc(C(F)(F)F)ccc1F.N#CCOc1cccc(Br)c1.N#CCOc1cccc(Cl)c1. The van der Waals surface area contributed by atoms with Crippen molar-refractivity contribution < 1.29 is 31.8 Å². The van der Waals surface area contributed by atoms with Gasteiger partial charge in [0.1, 0.15) is 29.7 Å². The van der Waals surface area contributed by atoms with Crippen LogP contribution in [0.2, 0.25) is 5.02 Å². The molecule has 0 aliphatic heterocycles. The minimum atomic E-state index is -4.56. The van der Waals surface area contributed by atoms with Gasteiger partial charge in [-0.2, -0.15) is 29.0 Å². The van der Waals surface area contributed by atoms with E-state index in [2.05, 4.69) is 20.7 Å². The van der Waals surface area contributed by atoms with Crippen molar-refractivity contribution in [2.45, 2.75) is 6.18 Å². The summed E-state index contributed by atoms with van der Waals surface area (Å²) in [4.78, 5) is 0. The van der Waals surface area contributed by atoms with Crippen LogP contribution in [0, 0.1) is 39.8 Å². The summed E-state index contributed by atoms with van der Waals surface area (Å²) in [5, 5.41) is 25.1. The number of halogens is 6. The van der Waals surface area contributed by atoms with Crippen LogP contribution in [0.5, 0.6) is 17.2 Å². The Hall–Kier alpha value is -3.98.